The molecule has 2 rings (SSSR count). The van der Waals surface area contributed by atoms with Crippen LogP contribution < -0.4 is 4.90 Å². The van der Waals surface area contributed by atoms with Crippen molar-refractivity contribution < 1.29 is 14.7 Å². The number of amides is 1. The Morgan fingerprint density at radius 1 is 1.33 bits per heavy atom. The summed E-state index contributed by atoms with van der Waals surface area (Å²) < 4.78 is 0. The Kier molecular flexibility index (Phi) is 3.00. The van der Waals surface area contributed by atoms with Gasteiger partial charge in [-0.15, -0.1) is 10.2 Å². The molecule has 0 bridgehead atoms. The van der Waals surface area contributed by atoms with E-state index < -0.39 is 11.9 Å². The third kappa shape index (κ3) is 2.03. The van der Waals surface area contributed by atoms with Gasteiger partial charge in [0.15, 0.2) is 0 Å². The average Bonchev–Trinajstić information content (AvgIpc) is 2.90. The van der Waals surface area contributed by atoms with E-state index in [-0.39, 0.29) is 17.1 Å². The van der Waals surface area contributed by atoms with Crippen LogP contribution in [-0.2, 0) is 0 Å². The molecule has 2 N–H and O–H groups in total. The summed E-state index contributed by atoms with van der Waals surface area (Å²) in [6, 6.07) is 6.17. The first-order chi connectivity index (χ1) is 8.61. The van der Waals surface area contributed by atoms with Crippen LogP contribution in [0.3, 0.4) is 0 Å². The SMILES string of the molecule is CN(C(=O)c1nn[nH]n1)c1ccccc1C(=O)O. The van der Waals surface area contributed by atoms with E-state index in [0.717, 1.165) is 4.90 Å². The molecular weight excluding hydrogens is 238 g/mol. The second-order valence-corrected chi connectivity index (χ2v) is 3.42. The third-order valence-corrected chi connectivity index (χ3v) is 2.34. The van der Waals surface area contributed by atoms with E-state index >= 15 is 0 Å². The van der Waals surface area contributed by atoms with Crippen LogP contribution in [0.2, 0.25) is 0 Å². The number of benzene rings is 1. The van der Waals surface area contributed by atoms with Gasteiger partial charge in [-0.1, -0.05) is 12.1 Å². The largest absolute Gasteiger partial charge is 0.478 e. The number of rotatable bonds is 3. The molecule has 0 aliphatic rings. The van der Waals surface area contributed by atoms with Crippen LogP contribution in [0.4, 0.5) is 5.69 Å². The van der Waals surface area contributed by atoms with E-state index in [1.165, 1.54) is 19.2 Å². The van der Waals surface area contributed by atoms with Gasteiger partial charge in [0.1, 0.15) is 0 Å². The summed E-state index contributed by atoms with van der Waals surface area (Å²) in [7, 11) is 1.44. The number of H-pyrrole nitrogens is 1. The first-order valence-electron chi connectivity index (χ1n) is 4.95. The Morgan fingerprint density at radius 2 is 2.06 bits per heavy atom. The van der Waals surface area contributed by atoms with Gasteiger partial charge in [0.2, 0.25) is 0 Å². The van der Waals surface area contributed by atoms with Crippen molar-refractivity contribution in [2.75, 3.05) is 11.9 Å². The van der Waals surface area contributed by atoms with E-state index in [9.17, 15) is 9.59 Å². The monoisotopic (exact) mass is 247 g/mol. The number of carboxylic acids is 1. The Balaban J connectivity index is 2.37. The Bertz CT molecular complexity index is 581. The molecule has 0 fully saturated rings. The van der Waals surface area contributed by atoms with Gasteiger partial charge in [0.25, 0.3) is 11.7 Å². The maximum atomic E-state index is 11.9. The number of carbonyl (C=O) groups excluding carboxylic acids is 1. The molecule has 1 aromatic heterocycles. The highest BCUT2D eigenvalue weighted by Gasteiger charge is 2.21. The van der Waals surface area contributed by atoms with Gasteiger partial charge >= 0.3 is 5.97 Å². The predicted molar refractivity (Wildman–Crippen MR) is 60.3 cm³/mol. The molecule has 0 aliphatic carbocycles. The Hall–Kier alpha value is -2.77. The standard InChI is InChI=1S/C10H9N5O3/c1-15(9(16)8-11-13-14-12-8)7-5-3-2-4-6(7)10(17)18/h2-5H,1H3,(H,17,18)(H,11,12,13,14). The molecule has 0 radical (unpaired) electrons. The lowest BCUT2D eigenvalue weighted by Crippen LogP contribution is -2.28. The lowest BCUT2D eigenvalue weighted by Gasteiger charge is -2.17. The van der Waals surface area contributed by atoms with Gasteiger partial charge in [-0.3, -0.25) is 4.79 Å². The molecule has 8 nitrogen and oxygen atoms in total. The summed E-state index contributed by atoms with van der Waals surface area (Å²) in [5.41, 5.74) is 0.289. The van der Waals surface area contributed by atoms with Gasteiger partial charge in [-0.25, -0.2) is 4.79 Å². The predicted octanol–water partition coefficient (Wildman–Crippen LogP) is 0.174. The van der Waals surface area contributed by atoms with Gasteiger partial charge in [-0.05, 0) is 17.3 Å². The molecule has 8 heteroatoms. The number of nitrogens with zero attached hydrogens (tertiary/aromatic N) is 4. The number of carboxylic acid groups (broad SMARTS) is 1. The van der Waals surface area contributed by atoms with Crippen molar-refractivity contribution in [3.8, 4) is 0 Å². The quantitative estimate of drug-likeness (QED) is 0.799. The normalized spacial score (nSPS) is 10.1. The van der Waals surface area contributed by atoms with E-state index in [2.05, 4.69) is 20.6 Å². The van der Waals surface area contributed by atoms with E-state index in [0.29, 0.717) is 0 Å². The Morgan fingerprint density at radius 3 is 2.67 bits per heavy atom. The molecule has 18 heavy (non-hydrogen) atoms. The maximum absolute atomic E-state index is 11.9. The van der Waals surface area contributed by atoms with Gasteiger partial charge in [-0.2, -0.15) is 5.21 Å². The molecule has 0 unspecified atom stereocenters. The van der Waals surface area contributed by atoms with Crippen molar-refractivity contribution in [1.82, 2.24) is 20.6 Å². The van der Waals surface area contributed by atoms with Gasteiger partial charge in [0.05, 0.1) is 11.3 Å². The lowest BCUT2D eigenvalue weighted by molar-refractivity contribution is 0.0697. The van der Waals surface area contributed by atoms with Crippen LogP contribution in [0.5, 0.6) is 0 Å². The Labute approximate surface area is 101 Å². The van der Waals surface area contributed by atoms with Crippen LogP contribution in [0, 0.1) is 0 Å². The number of tetrazole rings is 1. The number of aromatic carboxylic acids is 1. The highest BCUT2D eigenvalue weighted by molar-refractivity contribution is 6.07. The number of aromatic nitrogens is 4. The van der Waals surface area contributed by atoms with Crippen LogP contribution >= 0.6 is 0 Å². The summed E-state index contributed by atoms with van der Waals surface area (Å²) in [6.45, 7) is 0. The molecule has 1 heterocycles. The summed E-state index contributed by atoms with van der Waals surface area (Å²) in [5.74, 6) is -1.78. The zero-order valence-corrected chi connectivity index (χ0v) is 9.36. The lowest BCUT2D eigenvalue weighted by atomic mass is 10.1. The second-order valence-electron chi connectivity index (χ2n) is 3.42. The minimum Gasteiger partial charge on any atom is -0.478 e. The smallest absolute Gasteiger partial charge is 0.337 e. The number of carbonyl (C=O) groups is 2. The van der Waals surface area contributed by atoms with Gasteiger partial charge < -0.3 is 10.0 Å². The van der Waals surface area contributed by atoms with Crippen molar-refractivity contribution >= 4 is 17.6 Å². The highest BCUT2D eigenvalue weighted by Crippen LogP contribution is 2.20. The molecule has 2 aromatic rings. The van der Waals surface area contributed by atoms with Crippen LogP contribution in [0.1, 0.15) is 21.0 Å². The number of aromatic amines is 1. The van der Waals surface area contributed by atoms with E-state index in [1.807, 2.05) is 0 Å². The van der Waals surface area contributed by atoms with Crippen molar-refractivity contribution in [1.29, 1.82) is 0 Å². The maximum Gasteiger partial charge on any atom is 0.337 e. The minimum atomic E-state index is -1.11. The van der Waals surface area contributed by atoms with Crippen LogP contribution in [-0.4, -0.2) is 44.7 Å². The summed E-state index contributed by atoms with van der Waals surface area (Å²) in [6.07, 6.45) is 0. The summed E-state index contributed by atoms with van der Waals surface area (Å²) in [4.78, 5) is 24.1. The summed E-state index contributed by atoms with van der Waals surface area (Å²) >= 11 is 0. The number of hydrogen-bond donors (Lipinski definition) is 2. The van der Waals surface area contributed by atoms with Crippen molar-refractivity contribution in [2.45, 2.75) is 0 Å². The minimum absolute atomic E-state index is 0.0249. The topological polar surface area (TPSA) is 112 Å². The second kappa shape index (κ2) is 4.62. The molecule has 0 saturated carbocycles. The summed E-state index contributed by atoms with van der Waals surface area (Å²) in [5, 5.41) is 21.6. The third-order valence-electron chi connectivity index (χ3n) is 2.34. The molecule has 0 atom stereocenters. The van der Waals surface area contributed by atoms with E-state index in [1.54, 1.807) is 12.1 Å². The first-order valence-corrected chi connectivity index (χ1v) is 4.95. The number of nitrogens with one attached hydrogen (secondary N) is 1. The fraction of sp³-hybridized carbons (Fsp3) is 0.100. The van der Waals surface area contributed by atoms with Crippen LogP contribution in [0.15, 0.2) is 24.3 Å². The molecule has 0 aliphatic heterocycles. The molecule has 1 aromatic carbocycles. The molecule has 0 spiro atoms. The zero-order chi connectivity index (χ0) is 13.1. The van der Waals surface area contributed by atoms with Crippen molar-refractivity contribution in [3.05, 3.63) is 35.7 Å². The van der Waals surface area contributed by atoms with Crippen molar-refractivity contribution in [3.63, 3.8) is 0 Å². The zero-order valence-electron chi connectivity index (χ0n) is 9.36. The van der Waals surface area contributed by atoms with Crippen LogP contribution in [0.25, 0.3) is 0 Å². The van der Waals surface area contributed by atoms with E-state index in [4.69, 9.17) is 5.11 Å². The highest BCUT2D eigenvalue weighted by atomic mass is 16.4. The van der Waals surface area contributed by atoms with Gasteiger partial charge in [0, 0.05) is 7.05 Å². The number of hydrogen-bond acceptors (Lipinski definition) is 5. The number of para-hydroxylation sites is 1. The molecule has 1 amide bonds. The molecule has 92 valence electrons. The number of anilines is 1. The molecule has 0 saturated heterocycles. The fourth-order valence-corrected chi connectivity index (χ4v) is 1.46. The molecular formula is C10H9N5O3. The average molecular weight is 247 g/mol. The van der Waals surface area contributed by atoms with Crippen molar-refractivity contribution in [2.24, 2.45) is 0 Å². The first kappa shape index (κ1) is 11.7. The fourth-order valence-electron chi connectivity index (χ4n) is 1.46.